The summed E-state index contributed by atoms with van der Waals surface area (Å²) in [4.78, 5) is 29.5. The molecule has 0 aromatic carbocycles. The molecule has 0 spiro atoms. The number of carbonyl (C=O) groups is 2. The lowest BCUT2D eigenvalue weighted by molar-refractivity contribution is -0.133. The van der Waals surface area contributed by atoms with E-state index in [0.717, 1.165) is 0 Å². The van der Waals surface area contributed by atoms with Crippen molar-refractivity contribution >= 4 is 17.6 Å². The van der Waals surface area contributed by atoms with Crippen molar-refractivity contribution in [2.75, 3.05) is 0 Å². The number of carboxylic acids is 1. The van der Waals surface area contributed by atoms with Crippen LogP contribution in [0, 0.1) is 0 Å². The zero-order chi connectivity index (χ0) is 10.8. The van der Waals surface area contributed by atoms with Gasteiger partial charge < -0.3 is 10.4 Å². The largest absolute Gasteiger partial charge is 0.478 e. The highest BCUT2D eigenvalue weighted by Gasteiger charge is 2.27. The molecule has 6 nitrogen and oxygen atoms in total. The number of rotatable bonds is 2. The first-order valence-corrected chi connectivity index (χ1v) is 4.21. The van der Waals surface area contributed by atoms with E-state index in [1.165, 1.54) is 12.5 Å². The highest BCUT2D eigenvalue weighted by atomic mass is 16.4. The molecule has 76 valence electrons. The number of carbonyl (C=O) groups excluding carboxylic acids is 1. The second-order valence-corrected chi connectivity index (χ2v) is 2.98. The number of nitrogens with zero attached hydrogens (tertiary/aromatic N) is 2. The van der Waals surface area contributed by atoms with Crippen LogP contribution < -0.4 is 5.32 Å². The second-order valence-electron chi connectivity index (χ2n) is 2.98. The third-order valence-electron chi connectivity index (χ3n) is 2.00. The first-order valence-electron chi connectivity index (χ1n) is 4.21. The highest BCUT2D eigenvalue weighted by molar-refractivity contribution is 6.08. The molecule has 1 amide bonds. The van der Waals surface area contributed by atoms with Gasteiger partial charge in [-0.2, -0.15) is 0 Å². The minimum absolute atomic E-state index is 0.0405. The van der Waals surface area contributed by atoms with Crippen LogP contribution in [0.5, 0.6) is 0 Å². The SMILES string of the molecule is O=C1CC(C(=O)O)=C(c2ccncn2)N1. The third-order valence-corrected chi connectivity index (χ3v) is 2.00. The summed E-state index contributed by atoms with van der Waals surface area (Å²) >= 11 is 0. The molecule has 1 aliphatic heterocycles. The lowest BCUT2D eigenvalue weighted by atomic mass is 10.1. The van der Waals surface area contributed by atoms with E-state index in [4.69, 9.17) is 5.11 Å². The molecule has 6 heteroatoms. The number of hydrogen-bond acceptors (Lipinski definition) is 4. The van der Waals surface area contributed by atoms with Gasteiger partial charge in [-0.05, 0) is 6.07 Å². The Morgan fingerprint density at radius 2 is 2.33 bits per heavy atom. The van der Waals surface area contributed by atoms with Crippen LogP contribution in [0.2, 0.25) is 0 Å². The topological polar surface area (TPSA) is 92.2 Å². The van der Waals surface area contributed by atoms with Crippen LogP contribution >= 0.6 is 0 Å². The quantitative estimate of drug-likeness (QED) is 0.697. The number of aromatic nitrogens is 2. The molecular weight excluding hydrogens is 198 g/mol. The third kappa shape index (κ3) is 1.69. The zero-order valence-electron chi connectivity index (χ0n) is 7.60. The monoisotopic (exact) mass is 205 g/mol. The molecule has 1 aliphatic rings. The second kappa shape index (κ2) is 3.49. The molecular formula is C9H7N3O3. The minimum Gasteiger partial charge on any atom is -0.478 e. The van der Waals surface area contributed by atoms with E-state index >= 15 is 0 Å². The summed E-state index contributed by atoms with van der Waals surface area (Å²) in [6.45, 7) is 0. The number of amides is 1. The average Bonchev–Trinajstić information content (AvgIpc) is 2.62. The van der Waals surface area contributed by atoms with Gasteiger partial charge in [-0.25, -0.2) is 14.8 Å². The normalized spacial score (nSPS) is 15.3. The Kier molecular flexibility index (Phi) is 2.17. The Bertz CT molecular complexity index is 453. The fourth-order valence-corrected chi connectivity index (χ4v) is 1.35. The fraction of sp³-hybridized carbons (Fsp3) is 0.111. The lowest BCUT2D eigenvalue weighted by Gasteiger charge is -2.01. The number of carboxylic acid groups (broad SMARTS) is 1. The highest BCUT2D eigenvalue weighted by Crippen LogP contribution is 2.22. The average molecular weight is 205 g/mol. The van der Waals surface area contributed by atoms with Gasteiger partial charge in [0.25, 0.3) is 0 Å². The van der Waals surface area contributed by atoms with E-state index in [0.29, 0.717) is 5.69 Å². The van der Waals surface area contributed by atoms with E-state index < -0.39 is 5.97 Å². The molecule has 0 atom stereocenters. The summed E-state index contributed by atoms with van der Waals surface area (Å²) < 4.78 is 0. The van der Waals surface area contributed by atoms with Crippen LogP contribution in [-0.4, -0.2) is 27.0 Å². The maximum Gasteiger partial charge on any atom is 0.334 e. The molecule has 0 radical (unpaired) electrons. The first kappa shape index (κ1) is 9.32. The fourth-order valence-electron chi connectivity index (χ4n) is 1.35. The van der Waals surface area contributed by atoms with Crippen molar-refractivity contribution in [3.8, 4) is 0 Å². The van der Waals surface area contributed by atoms with Crippen molar-refractivity contribution in [1.82, 2.24) is 15.3 Å². The summed E-state index contributed by atoms with van der Waals surface area (Å²) in [5.41, 5.74) is 0.710. The molecule has 1 aromatic heterocycles. The minimum atomic E-state index is -1.11. The van der Waals surface area contributed by atoms with Crippen molar-refractivity contribution in [2.24, 2.45) is 0 Å². The molecule has 1 aromatic rings. The molecule has 2 rings (SSSR count). The van der Waals surface area contributed by atoms with Gasteiger partial charge in [0.1, 0.15) is 6.33 Å². The van der Waals surface area contributed by atoms with E-state index in [1.54, 1.807) is 6.07 Å². The van der Waals surface area contributed by atoms with E-state index in [9.17, 15) is 9.59 Å². The van der Waals surface area contributed by atoms with Crippen molar-refractivity contribution in [2.45, 2.75) is 6.42 Å². The van der Waals surface area contributed by atoms with Crippen LogP contribution in [0.4, 0.5) is 0 Å². The molecule has 0 unspecified atom stereocenters. The van der Waals surface area contributed by atoms with Crippen LogP contribution in [0.25, 0.3) is 5.70 Å². The molecule has 0 fully saturated rings. The predicted octanol–water partition coefficient (Wildman–Crippen LogP) is -0.208. The van der Waals surface area contributed by atoms with Gasteiger partial charge in [-0.15, -0.1) is 0 Å². The molecule has 15 heavy (non-hydrogen) atoms. The Morgan fingerprint density at radius 3 is 2.93 bits per heavy atom. The number of hydrogen-bond donors (Lipinski definition) is 2. The lowest BCUT2D eigenvalue weighted by Crippen LogP contribution is -2.14. The Hall–Kier alpha value is -2.24. The smallest absolute Gasteiger partial charge is 0.334 e. The Balaban J connectivity index is 2.46. The maximum absolute atomic E-state index is 11.1. The van der Waals surface area contributed by atoms with Gasteiger partial charge in [0.05, 0.1) is 23.4 Å². The van der Waals surface area contributed by atoms with Crippen molar-refractivity contribution in [3.05, 3.63) is 29.9 Å². The van der Waals surface area contributed by atoms with Gasteiger partial charge >= 0.3 is 5.97 Å². The van der Waals surface area contributed by atoms with Gasteiger partial charge in [-0.3, -0.25) is 4.79 Å². The van der Waals surface area contributed by atoms with Crippen LogP contribution in [0.3, 0.4) is 0 Å². The van der Waals surface area contributed by atoms with Crippen molar-refractivity contribution in [3.63, 3.8) is 0 Å². The maximum atomic E-state index is 11.1. The van der Waals surface area contributed by atoms with Crippen LogP contribution in [0.15, 0.2) is 24.2 Å². The van der Waals surface area contributed by atoms with Crippen molar-refractivity contribution in [1.29, 1.82) is 0 Å². The van der Waals surface area contributed by atoms with Gasteiger partial charge in [0.15, 0.2) is 0 Å². The standard InChI is InChI=1S/C9H7N3O3/c13-7-3-5(9(14)15)8(12-7)6-1-2-10-4-11-6/h1-2,4H,3H2,(H,12,13)(H,14,15). The summed E-state index contributed by atoms with van der Waals surface area (Å²) in [6.07, 6.45) is 2.67. The van der Waals surface area contributed by atoms with Crippen molar-refractivity contribution < 1.29 is 14.7 Å². The zero-order valence-corrected chi connectivity index (χ0v) is 7.60. The molecule has 0 aliphatic carbocycles. The summed E-state index contributed by atoms with van der Waals surface area (Å²) in [5, 5.41) is 11.3. The predicted molar refractivity (Wildman–Crippen MR) is 49.3 cm³/mol. The molecule has 0 saturated heterocycles. The molecule has 0 saturated carbocycles. The van der Waals surface area contributed by atoms with Crippen LogP contribution in [0.1, 0.15) is 12.1 Å². The summed E-state index contributed by atoms with van der Waals surface area (Å²) in [7, 11) is 0. The molecule has 2 heterocycles. The summed E-state index contributed by atoms with van der Waals surface area (Å²) in [6, 6.07) is 1.55. The van der Waals surface area contributed by atoms with Gasteiger partial charge in [0, 0.05) is 6.20 Å². The summed E-state index contributed by atoms with van der Waals surface area (Å²) in [5.74, 6) is -1.44. The van der Waals surface area contributed by atoms with E-state index in [-0.39, 0.29) is 23.6 Å². The first-order chi connectivity index (χ1) is 7.18. The Morgan fingerprint density at radius 1 is 1.53 bits per heavy atom. The Labute approximate surface area is 84.7 Å². The molecule has 0 bridgehead atoms. The van der Waals surface area contributed by atoms with Crippen LogP contribution in [-0.2, 0) is 9.59 Å². The van der Waals surface area contributed by atoms with Gasteiger partial charge in [-0.1, -0.05) is 0 Å². The molecule has 2 N–H and O–H groups in total. The van der Waals surface area contributed by atoms with E-state index in [1.807, 2.05) is 0 Å². The number of nitrogens with one attached hydrogen (secondary N) is 1. The van der Waals surface area contributed by atoms with E-state index in [2.05, 4.69) is 15.3 Å². The van der Waals surface area contributed by atoms with Gasteiger partial charge in [0.2, 0.25) is 5.91 Å². The number of aliphatic carboxylic acids is 1.